The van der Waals surface area contributed by atoms with E-state index in [0.717, 1.165) is 17.0 Å². The van der Waals surface area contributed by atoms with Gasteiger partial charge in [-0.2, -0.15) is 0 Å². The van der Waals surface area contributed by atoms with Crippen LogP contribution in [0.3, 0.4) is 0 Å². The third-order valence-electron chi connectivity index (χ3n) is 3.45. The lowest BCUT2D eigenvalue weighted by molar-refractivity contribution is 0.0601. The average Bonchev–Trinajstić information content (AvgIpc) is 2.32. The van der Waals surface area contributed by atoms with Gasteiger partial charge in [-0.25, -0.2) is 0 Å². The van der Waals surface area contributed by atoms with E-state index in [-0.39, 0.29) is 5.92 Å². The number of aliphatic hydroxyl groups is 1. The predicted molar refractivity (Wildman–Crippen MR) is 72.0 cm³/mol. The molecule has 2 atom stereocenters. The minimum absolute atomic E-state index is 0.0439. The van der Waals surface area contributed by atoms with Gasteiger partial charge in [0.15, 0.2) is 0 Å². The van der Waals surface area contributed by atoms with E-state index in [2.05, 4.69) is 12.1 Å². The molecule has 0 spiro atoms. The summed E-state index contributed by atoms with van der Waals surface area (Å²) in [6.45, 7) is 3.83. The Morgan fingerprint density at radius 3 is 2.59 bits per heavy atom. The van der Waals surface area contributed by atoms with Crippen molar-refractivity contribution in [3.63, 3.8) is 0 Å². The van der Waals surface area contributed by atoms with E-state index in [1.165, 1.54) is 5.56 Å². The fourth-order valence-corrected chi connectivity index (χ4v) is 2.50. The average molecular weight is 249 g/mol. The monoisotopic (exact) mass is 248 g/mol. The van der Waals surface area contributed by atoms with Crippen LogP contribution in [0, 0.1) is 5.92 Å². The molecule has 1 aromatic carbocycles. The largest absolute Gasteiger partial charge is 0.385 e. The van der Waals surface area contributed by atoms with E-state index in [4.69, 9.17) is 11.6 Å². The Balaban J connectivity index is 2.28. The third-order valence-corrected chi connectivity index (χ3v) is 3.88. The zero-order chi connectivity index (χ0) is 12.5. The molecule has 0 radical (unpaired) electrons. The van der Waals surface area contributed by atoms with Gasteiger partial charge in [-0.05, 0) is 37.5 Å². The summed E-state index contributed by atoms with van der Waals surface area (Å²) in [5.41, 5.74) is 1.46. The Morgan fingerprint density at radius 2 is 1.94 bits per heavy atom. The minimum atomic E-state index is -0.821. The molecule has 0 amide bonds. The fourth-order valence-electron chi connectivity index (χ4n) is 2.30. The van der Waals surface area contributed by atoms with Crippen LogP contribution in [-0.4, -0.2) is 10.7 Å². The zero-order valence-electron chi connectivity index (χ0n) is 10.2. The normalized spacial score (nSPS) is 28.6. The number of allylic oxidation sites excluding steroid dienone is 2. The lowest BCUT2D eigenvalue weighted by Crippen LogP contribution is -2.36. The smallest absolute Gasteiger partial charge is 0.0871 e. The van der Waals surface area contributed by atoms with E-state index in [1.54, 1.807) is 12.2 Å². The highest BCUT2D eigenvalue weighted by Gasteiger charge is 2.34. The zero-order valence-corrected chi connectivity index (χ0v) is 10.9. The van der Waals surface area contributed by atoms with Crippen LogP contribution < -0.4 is 0 Å². The number of benzene rings is 1. The topological polar surface area (TPSA) is 20.2 Å². The van der Waals surface area contributed by atoms with Crippen LogP contribution in [-0.2, 0) is 6.42 Å². The molecule has 0 aromatic heterocycles. The SMILES string of the molecule is CC1=C(Cl)C=CC(C)(O)C1Cc1ccccc1. The number of hydrogen-bond donors (Lipinski definition) is 1. The van der Waals surface area contributed by atoms with Gasteiger partial charge >= 0.3 is 0 Å². The Labute approximate surface area is 107 Å². The molecule has 0 aliphatic heterocycles. The first-order chi connectivity index (χ1) is 8.00. The van der Waals surface area contributed by atoms with Crippen LogP contribution >= 0.6 is 11.6 Å². The van der Waals surface area contributed by atoms with Crippen molar-refractivity contribution in [2.24, 2.45) is 5.92 Å². The highest BCUT2D eigenvalue weighted by Crippen LogP contribution is 2.36. The lowest BCUT2D eigenvalue weighted by Gasteiger charge is -2.34. The highest BCUT2D eigenvalue weighted by atomic mass is 35.5. The second-order valence-corrected chi connectivity index (χ2v) is 5.24. The quantitative estimate of drug-likeness (QED) is 0.847. The van der Waals surface area contributed by atoms with Crippen LogP contribution in [0.15, 0.2) is 53.1 Å². The van der Waals surface area contributed by atoms with Crippen LogP contribution in [0.25, 0.3) is 0 Å². The van der Waals surface area contributed by atoms with Crippen LogP contribution in [0.5, 0.6) is 0 Å². The van der Waals surface area contributed by atoms with Gasteiger partial charge < -0.3 is 5.11 Å². The number of halogens is 1. The predicted octanol–water partition coefficient (Wildman–Crippen LogP) is 3.68. The van der Waals surface area contributed by atoms with Crippen LogP contribution in [0.4, 0.5) is 0 Å². The van der Waals surface area contributed by atoms with Crippen molar-refractivity contribution >= 4 is 11.6 Å². The third kappa shape index (κ3) is 2.62. The van der Waals surface area contributed by atoms with Gasteiger partial charge in [0, 0.05) is 11.0 Å². The summed E-state index contributed by atoms with van der Waals surface area (Å²) >= 11 is 6.14. The number of hydrogen-bond acceptors (Lipinski definition) is 1. The maximum absolute atomic E-state index is 10.4. The Kier molecular flexibility index (Phi) is 3.41. The molecule has 1 nitrogen and oxygen atoms in total. The van der Waals surface area contributed by atoms with Gasteiger partial charge in [0.05, 0.1) is 5.60 Å². The lowest BCUT2D eigenvalue weighted by atomic mass is 9.76. The number of rotatable bonds is 2. The van der Waals surface area contributed by atoms with Gasteiger partial charge in [0.1, 0.15) is 0 Å². The molecule has 1 aromatic rings. The summed E-state index contributed by atoms with van der Waals surface area (Å²) in [4.78, 5) is 0. The summed E-state index contributed by atoms with van der Waals surface area (Å²) in [7, 11) is 0. The van der Waals surface area contributed by atoms with E-state index in [1.807, 2.05) is 32.0 Å². The van der Waals surface area contributed by atoms with Gasteiger partial charge in [-0.3, -0.25) is 0 Å². The molecule has 1 N–H and O–H groups in total. The van der Waals surface area contributed by atoms with Crippen molar-refractivity contribution in [3.05, 3.63) is 58.7 Å². The summed E-state index contributed by atoms with van der Waals surface area (Å²) in [5, 5.41) is 11.2. The Morgan fingerprint density at radius 1 is 1.29 bits per heavy atom. The molecule has 0 bridgehead atoms. The first-order valence-corrected chi connectivity index (χ1v) is 6.20. The van der Waals surface area contributed by atoms with Gasteiger partial charge in [-0.1, -0.05) is 48.0 Å². The molecule has 2 heteroatoms. The molecule has 2 rings (SSSR count). The Hall–Kier alpha value is -1.05. The highest BCUT2D eigenvalue weighted by molar-refractivity contribution is 6.31. The maximum atomic E-state index is 10.4. The van der Waals surface area contributed by atoms with E-state index in [0.29, 0.717) is 0 Å². The van der Waals surface area contributed by atoms with Crippen molar-refractivity contribution < 1.29 is 5.11 Å². The molecule has 2 unspecified atom stereocenters. The Bertz CT molecular complexity index is 457. The van der Waals surface area contributed by atoms with Crippen molar-refractivity contribution in [1.29, 1.82) is 0 Å². The van der Waals surface area contributed by atoms with Crippen molar-refractivity contribution in [1.82, 2.24) is 0 Å². The maximum Gasteiger partial charge on any atom is 0.0871 e. The van der Waals surface area contributed by atoms with E-state index >= 15 is 0 Å². The van der Waals surface area contributed by atoms with Crippen molar-refractivity contribution in [2.45, 2.75) is 25.9 Å². The minimum Gasteiger partial charge on any atom is -0.385 e. The molecule has 0 fully saturated rings. The van der Waals surface area contributed by atoms with E-state index < -0.39 is 5.60 Å². The molecular weight excluding hydrogens is 232 g/mol. The first kappa shape index (κ1) is 12.4. The summed E-state index contributed by atoms with van der Waals surface area (Å²) in [5.74, 6) is 0.0439. The molecule has 0 saturated heterocycles. The second kappa shape index (κ2) is 4.67. The van der Waals surface area contributed by atoms with Crippen LogP contribution in [0.1, 0.15) is 19.4 Å². The molecular formula is C15H17ClO. The van der Waals surface area contributed by atoms with Gasteiger partial charge in [0.2, 0.25) is 0 Å². The molecule has 1 aliphatic carbocycles. The standard InChI is InChI=1S/C15H17ClO/c1-11-13(10-12-6-4-3-5-7-12)15(2,17)9-8-14(11)16/h3-9,13,17H,10H2,1-2H3. The summed E-state index contributed by atoms with van der Waals surface area (Å²) in [6.07, 6.45) is 4.38. The molecule has 0 saturated carbocycles. The van der Waals surface area contributed by atoms with Crippen molar-refractivity contribution in [3.8, 4) is 0 Å². The summed E-state index contributed by atoms with van der Waals surface area (Å²) in [6, 6.07) is 10.2. The van der Waals surface area contributed by atoms with Crippen LogP contribution in [0.2, 0.25) is 0 Å². The fraction of sp³-hybridized carbons (Fsp3) is 0.333. The summed E-state index contributed by atoms with van der Waals surface area (Å²) < 4.78 is 0. The van der Waals surface area contributed by atoms with Gasteiger partial charge in [-0.15, -0.1) is 0 Å². The van der Waals surface area contributed by atoms with Gasteiger partial charge in [0.25, 0.3) is 0 Å². The molecule has 17 heavy (non-hydrogen) atoms. The molecule has 0 heterocycles. The second-order valence-electron chi connectivity index (χ2n) is 4.83. The van der Waals surface area contributed by atoms with E-state index in [9.17, 15) is 5.11 Å². The first-order valence-electron chi connectivity index (χ1n) is 5.82. The molecule has 1 aliphatic rings. The van der Waals surface area contributed by atoms with Crippen molar-refractivity contribution in [2.75, 3.05) is 0 Å². The molecule has 90 valence electrons.